The number of amides is 2. The van der Waals surface area contributed by atoms with Crippen LogP contribution in [-0.4, -0.2) is 35.6 Å². The third-order valence-electron chi connectivity index (χ3n) is 3.15. The molecule has 0 heterocycles. The Morgan fingerprint density at radius 3 is 2.24 bits per heavy atom. The lowest BCUT2D eigenvalue weighted by atomic mass is 9.94. The molecule has 5 heteroatoms. The van der Waals surface area contributed by atoms with E-state index in [4.69, 9.17) is 0 Å². The van der Waals surface area contributed by atoms with Crippen LogP contribution in [0.4, 0.5) is 0 Å². The molecule has 1 saturated carbocycles. The first-order chi connectivity index (χ1) is 8.02. The molecule has 1 aliphatic carbocycles. The first kappa shape index (κ1) is 14.0. The summed E-state index contributed by atoms with van der Waals surface area (Å²) in [4.78, 5) is 22.0. The van der Waals surface area contributed by atoms with E-state index in [2.05, 4.69) is 10.6 Å². The fourth-order valence-corrected chi connectivity index (χ4v) is 2.09. The van der Waals surface area contributed by atoms with Crippen LogP contribution in [0.5, 0.6) is 0 Å². The maximum atomic E-state index is 11.4. The van der Waals surface area contributed by atoms with Crippen molar-refractivity contribution in [3.63, 3.8) is 0 Å². The van der Waals surface area contributed by atoms with Gasteiger partial charge in [-0.2, -0.15) is 0 Å². The second-order valence-electron chi connectivity index (χ2n) is 4.83. The summed E-state index contributed by atoms with van der Waals surface area (Å²) in [6.45, 7) is 1.63. The molecule has 0 saturated heterocycles. The molecule has 0 aliphatic heterocycles. The number of hydrogen-bond acceptors (Lipinski definition) is 3. The second kappa shape index (κ2) is 6.59. The molecule has 5 nitrogen and oxygen atoms in total. The molecule has 3 N–H and O–H groups in total. The van der Waals surface area contributed by atoms with Crippen molar-refractivity contribution in [3.05, 3.63) is 0 Å². The lowest BCUT2D eigenvalue weighted by Crippen LogP contribution is -2.45. The maximum absolute atomic E-state index is 11.4. The average Bonchev–Trinajstić information content (AvgIpc) is 2.49. The number of aliphatic hydroxyl groups is 1. The van der Waals surface area contributed by atoms with Gasteiger partial charge in [-0.1, -0.05) is 25.7 Å². The molecule has 0 unspecified atom stereocenters. The summed E-state index contributed by atoms with van der Waals surface area (Å²) in [5.74, 6) is -0.480. The Morgan fingerprint density at radius 2 is 1.71 bits per heavy atom. The zero-order valence-corrected chi connectivity index (χ0v) is 10.4. The number of hydrogen-bond donors (Lipinski definition) is 3. The van der Waals surface area contributed by atoms with Gasteiger partial charge in [0.15, 0.2) is 0 Å². The predicted molar refractivity (Wildman–Crippen MR) is 64.3 cm³/mol. The topological polar surface area (TPSA) is 78.4 Å². The number of nitrogens with one attached hydrogen (secondary N) is 2. The summed E-state index contributed by atoms with van der Waals surface area (Å²) in [5, 5.41) is 15.4. The van der Waals surface area contributed by atoms with Crippen molar-refractivity contribution in [3.8, 4) is 0 Å². The first-order valence-corrected chi connectivity index (χ1v) is 6.25. The van der Waals surface area contributed by atoms with Crippen LogP contribution < -0.4 is 10.6 Å². The summed E-state index contributed by atoms with van der Waals surface area (Å²) in [7, 11) is 0. The lowest BCUT2D eigenvalue weighted by Gasteiger charge is -2.26. The fourth-order valence-electron chi connectivity index (χ4n) is 2.09. The van der Waals surface area contributed by atoms with Crippen LogP contribution in [0.1, 0.15) is 45.4 Å². The molecular formula is C12H22N2O3. The van der Waals surface area contributed by atoms with Crippen molar-refractivity contribution in [1.29, 1.82) is 0 Å². The van der Waals surface area contributed by atoms with Crippen LogP contribution >= 0.6 is 0 Å². The van der Waals surface area contributed by atoms with Gasteiger partial charge in [0, 0.05) is 13.5 Å². The molecule has 17 heavy (non-hydrogen) atoms. The van der Waals surface area contributed by atoms with Crippen LogP contribution in [0, 0.1) is 0 Å². The van der Waals surface area contributed by atoms with Gasteiger partial charge in [0.05, 0.1) is 12.1 Å². The van der Waals surface area contributed by atoms with E-state index in [1.807, 2.05) is 0 Å². The Morgan fingerprint density at radius 1 is 1.12 bits per heavy atom. The Bertz CT molecular complexity index is 271. The summed E-state index contributed by atoms with van der Waals surface area (Å²) in [5.41, 5.74) is -0.762. The molecular weight excluding hydrogens is 220 g/mol. The van der Waals surface area contributed by atoms with Gasteiger partial charge in [-0.15, -0.1) is 0 Å². The molecule has 1 aliphatic rings. The van der Waals surface area contributed by atoms with Gasteiger partial charge in [0.25, 0.3) is 0 Å². The highest BCUT2D eigenvalue weighted by molar-refractivity contribution is 5.83. The molecule has 2 amide bonds. The Kier molecular flexibility index (Phi) is 5.41. The van der Waals surface area contributed by atoms with Gasteiger partial charge in [0.2, 0.25) is 11.8 Å². The predicted octanol–water partition coefficient (Wildman–Crippen LogP) is 0.324. The molecule has 0 spiro atoms. The van der Waals surface area contributed by atoms with Crippen LogP contribution in [0.25, 0.3) is 0 Å². The van der Waals surface area contributed by atoms with Gasteiger partial charge in [0.1, 0.15) is 0 Å². The Hall–Kier alpha value is -1.10. The van der Waals surface area contributed by atoms with Gasteiger partial charge >= 0.3 is 0 Å². The van der Waals surface area contributed by atoms with E-state index in [0.29, 0.717) is 0 Å². The van der Waals surface area contributed by atoms with E-state index in [9.17, 15) is 14.7 Å². The highest BCUT2D eigenvalue weighted by Gasteiger charge is 2.28. The number of rotatable bonds is 4. The largest absolute Gasteiger partial charge is 0.388 e. The highest BCUT2D eigenvalue weighted by atomic mass is 16.3. The summed E-state index contributed by atoms with van der Waals surface area (Å²) in [6.07, 6.45) is 5.82. The molecule has 0 aromatic rings. The van der Waals surface area contributed by atoms with E-state index in [-0.39, 0.29) is 24.9 Å². The second-order valence-corrected chi connectivity index (χ2v) is 4.83. The third kappa shape index (κ3) is 5.68. The highest BCUT2D eigenvalue weighted by Crippen LogP contribution is 2.26. The first-order valence-electron chi connectivity index (χ1n) is 6.25. The minimum Gasteiger partial charge on any atom is -0.388 e. The molecule has 0 atom stereocenters. The molecule has 0 radical (unpaired) electrons. The minimum atomic E-state index is -0.762. The summed E-state index contributed by atoms with van der Waals surface area (Å²) >= 11 is 0. The van der Waals surface area contributed by atoms with Gasteiger partial charge in [-0.3, -0.25) is 9.59 Å². The lowest BCUT2D eigenvalue weighted by molar-refractivity contribution is -0.125. The van der Waals surface area contributed by atoms with E-state index in [0.717, 1.165) is 38.5 Å². The average molecular weight is 242 g/mol. The molecule has 98 valence electrons. The van der Waals surface area contributed by atoms with Crippen LogP contribution in [0.15, 0.2) is 0 Å². The third-order valence-corrected chi connectivity index (χ3v) is 3.15. The summed E-state index contributed by atoms with van der Waals surface area (Å²) < 4.78 is 0. The SMILES string of the molecule is CC(=O)NCC(=O)NCC1(O)CCCCCC1. The monoisotopic (exact) mass is 242 g/mol. The van der Waals surface area contributed by atoms with Crippen molar-refractivity contribution in [2.75, 3.05) is 13.1 Å². The molecule has 0 aromatic heterocycles. The van der Waals surface area contributed by atoms with E-state index < -0.39 is 5.60 Å². The summed E-state index contributed by atoms with van der Waals surface area (Å²) in [6, 6.07) is 0. The van der Waals surface area contributed by atoms with Crippen LogP contribution in [-0.2, 0) is 9.59 Å². The number of carbonyl (C=O) groups is 2. The Labute approximate surface area is 102 Å². The van der Waals surface area contributed by atoms with Gasteiger partial charge < -0.3 is 15.7 Å². The van der Waals surface area contributed by atoms with Crippen molar-refractivity contribution in [1.82, 2.24) is 10.6 Å². The maximum Gasteiger partial charge on any atom is 0.239 e. The normalized spacial score (nSPS) is 19.2. The van der Waals surface area contributed by atoms with Crippen molar-refractivity contribution < 1.29 is 14.7 Å². The van der Waals surface area contributed by atoms with Gasteiger partial charge in [-0.25, -0.2) is 0 Å². The van der Waals surface area contributed by atoms with Crippen LogP contribution in [0.3, 0.4) is 0 Å². The smallest absolute Gasteiger partial charge is 0.239 e. The zero-order chi connectivity index (χ0) is 12.7. The van der Waals surface area contributed by atoms with E-state index in [1.165, 1.54) is 6.92 Å². The molecule has 0 aromatic carbocycles. The quantitative estimate of drug-likeness (QED) is 0.621. The standard InChI is InChI=1S/C12H22N2O3/c1-10(15)13-8-11(16)14-9-12(17)6-4-2-3-5-7-12/h17H,2-9H2,1H3,(H,13,15)(H,14,16). The minimum absolute atomic E-state index is 0.0224. The van der Waals surface area contributed by atoms with Crippen molar-refractivity contribution in [2.45, 2.75) is 51.0 Å². The molecule has 1 rings (SSSR count). The van der Waals surface area contributed by atoms with Crippen molar-refractivity contribution >= 4 is 11.8 Å². The van der Waals surface area contributed by atoms with Crippen LogP contribution in [0.2, 0.25) is 0 Å². The van der Waals surface area contributed by atoms with E-state index in [1.54, 1.807) is 0 Å². The number of carbonyl (C=O) groups excluding carboxylic acids is 2. The van der Waals surface area contributed by atoms with Crippen molar-refractivity contribution in [2.24, 2.45) is 0 Å². The molecule has 1 fully saturated rings. The van der Waals surface area contributed by atoms with Gasteiger partial charge in [-0.05, 0) is 12.8 Å². The molecule has 0 bridgehead atoms. The fraction of sp³-hybridized carbons (Fsp3) is 0.833. The van der Waals surface area contributed by atoms with E-state index >= 15 is 0 Å². The Balaban J connectivity index is 2.27. The zero-order valence-electron chi connectivity index (χ0n) is 10.4.